The van der Waals surface area contributed by atoms with Gasteiger partial charge in [-0.25, -0.2) is 9.97 Å². The third-order valence-corrected chi connectivity index (χ3v) is 2.20. The van der Waals surface area contributed by atoms with Gasteiger partial charge in [0.1, 0.15) is 24.5 Å². The van der Waals surface area contributed by atoms with E-state index in [2.05, 4.69) is 15.3 Å². The minimum absolute atomic E-state index is 0.292. The van der Waals surface area contributed by atoms with Gasteiger partial charge in [-0.3, -0.25) is 0 Å². The van der Waals surface area contributed by atoms with Crippen molar-refractivity contribution >= 4 is 11.6 Å². The Hall–Kier alpha value is -1.53. The van der Waals surface area contributed by atoms with E-state index < -0.39 is 12.7 Å². The molecular weight excluding hydrogens is 245 g/mol. The highest BCUT2D eigenvalue weighted by Gasteiger charge is 2.31. The fourth-order valence-corrected chi connectivity index (χ4v) is 1.56. The summed E-state index contributed by atoms with van der Waals surface area (Å²) < 4.78 is 37.4. The van der Waals surface area contributed by atoms with Gasteiger partial charge >= 0.3 is 6.18 Å². The molecule has 0 bridgehead atoms. The molecule has 1 heterocycles. The molecule has 0 spiro atoms. The fourth-order valence-electron chi connectivity index (χ4n) is 1.56. The fraction of sp³-hybridized carbons (Fsp3) is 0.636. The minimum atomic E-state index is -4.24. The zero-order valence-electron chi connectivity index (χ0n) is 10.5. The highest BCUT2D eigenvalue weighted by atomic mass is 19.4. The molecule has 1 rings (SSSR count). The summed E-state index contributed by atoms with van der Waals surface area (Å²) in [6.45, 7) is 3.69. The molecule has 102 valence electrons. The topological polar surface area (TPSA) is 41.0 Å². The summed E-state index contributed by atoms with van der Waals surface area (Å²) in [6.07, 6.45) is -2.35. The summed E-state index contributed by atoms with van der Waals surface area (Å²) in [5.41, 5.74) is 0. The summed E-state index contributed by atoms with van der Waals surface area (Å²) in [5.74, 6) is 0.825. The van der Waals surface area contributed by atoms with Crippen molar-refractivity contribution in [3.8, 4) is 0 Å². The number of hydrogen-bond acceptors (Lipinski definition) is 4. The Morgan fingerprint density at radius 3 is 2.56 bits per heavy atom. The monoisotopic (exact) mass is 262 g/mol. The zero-order chi connectivity index (χ0) is 13.6. The van der Waals surface area contributed by atoms with E-state index in [0.29, 0.717) is 31.1 Å². The third-order valence-electron chi connectivity index (χ3n) is 2.20. The highest BCUT2D eigenvalue weighted by Crippen LogP contribution is 2.21. The normalized spacial score (nSPS) is 11.4. The molecule has 0 aliphatic carbocycles. The molecule has 18 heavy (non-hydrogen) atoms. The van der Waals surface area contributed by atoms with Crippen LogP contribution in [0.5, 0.6) is 0 Å². The molecule has 7 heteroatoms. The maximum Gasteiger partial charge on any atom is 0.405 e. The van der Waals surface area contributed by atoms with Gasteiger partial charge in [0.25, 0.3) is 0 Å². The van der Waals surface area contributed by atoms with Crippen LogP contribution in [0.1, 0.15) is 20.3 Å². The SMILES string of the molecule is CCCN(CC(F)(F)F)c1cc(NCC)ncn1. The van der Waals surface area contributed by atoms with Crippen molar-refractivity contribution in [3.63, 3.8) is 0 Å². The molecular formula is C11H17F3N4. The molecule has 0 unspecified atom stereocenters. The van der Waals surface area contributed by atoms with Crippen LogP contribution >= 0.6 is 0 Å². The number of alkyl halides is 3. The lowest BCUT2D eigenvalue weighted by atomic mass is 10.3. The van der Waals surface area contributed by atoms with Crippen LogP contribution in [0.25, 0.3) is 0 Å². The molecule has 0 aromatic carbocycles. The van der Waals surface area contributed by atoms with Crippen LogP contribution in [0.4, 0.5) is 24.8 Å². The summed E-state index contributed by atoms with van der Waals surface area (Å²) in [7, 11) is 0. The second kappa shape index (κ2) is 6.42. The first-order valence-corrected chi connectivity index (χ1v) is 5.84. The number of rotatable bonds is 6. The number of aromatic nitrogens is 2. The zero-order valence-corrected chi connectivity index (χ0v) is 10.5. The van der Waals surface area contributed by atoms with E-state index in [9.17, 15) is 13.2 Å². The smallest absolute Gasteiger partial charge is 0.370 e. The van der Waals surface area contributed by atoms with Crippen molar-refractivity contribution in [2.45, 2.75) is 26.4 Å². The van der Waals surface area contributed by atoms with E-state index in [-0.39, 0.29) is 0 Å². The van der Waals surface area contributed by atoms with Gasteiger partial charge in [0.15, 0.2) is 0 Å². The molecule has 0 aliphatic rings. The van der Waals surface area contributed by atoms with Gasteiger partial charge in [-0.05, 0) is 13.3 Å². The van der Waals surface area contributed by atoms with Crippen molar-refractivity contribution in [1.29, 1.82) is 0 Å². The molecule has 4 nitrogen and oxygen atoms in total. The predicted molar refractivity (Wildman–Crippen MR) is 64.8 cm³/mol. The van der Waals surface area contributed by atoms with Gasteiger partial charge in [0.2, 0.25) is 0 Å². The van der Waals surface area contributed by atoms with Crippen LogP contribution in [0.3, 0.4) is 0 Å². The Bertz CT molecular complexity index is 368. The molecule has 0 saturated carbocycles. The molecule has 0 saturated heterocycles. The highest BCUT2D eigenvalue weighted by molar-refractivity contribution is 5.48. The first-order chi connectivity index (χ1) is 8.46. The standard InChI is InChI=1S/C11H17F3N4/c1-3-5-18(7-11(12,13)14)10-6-9(15-4-2)16-8-17-10/h6,8H,3-5,7H2,1-2H3,(H,15,16,17). The van der Waals surface area contributed by atoms with Crippen molar-refractivity contribution in [2.24, 2.45) is 0 Å². The summed E-state index contributed by atoms with van der Waals surface area (Å²) >= 11 is 0. The van der Waals surface area contributed by atoms with Crippen molar-refractivity contribution in [2.75, 3.05) is 29.9 Å². The lowest BCUT2D eigenvalue weighted by Gasteiger charge is -2.24. The lowest BCUT2D eigenvalue weighted by Crippen LogP contribution is -2.35. The first-order valence-electron chi connectivity index (χ1n) is 5.84. The van der Waals surface area contributed by atoms with E-state index in [0.717, 1.165) is 0 Å². The second-order valence-corrected chi connectivity index (χ2v) is 3.83. The third kappa shape index (κ3) is 4.77. The minimum Gasteiger partial charge on any atom is -0.370 e. The molecule has 0 radical (unpaired) electrons. The van der Waals surface area contributed by atoms with Gasteiger partial charge in [0, 0.05) is 19.2 Å². The van der Waals surface area contributed by atoms with Crippen LogP contribution < -0.4 is 10.2 Å². The Labute approximate surface area is 104 Å². The quantitative estimate of drug-likeness (QED) is 0.855. The average Bonchev–Trinajstić information content (AvgIpc) is 2.28. The van der Waals surface area contributed by atoms with Gasteiger partial charge in [-0.1, -0.05) is 6.92 Å². The van der Waals surface area contributed by atoms with Crippen LogP contribution in [-0.4, -0.2) is 35.8 Å². The Morgan fingerprint density at radius 1 is 1.28 bits per heavy atom. The predicted octanol–water partition coefficient (Wildman–Crippen LogP) is 2.69. The molecule has 1 aromatic heterocycles. The van der Waals surface area contributed by atoms with Gasteiger partial charge in [-0.2, -0.15) is 13.2 Å². The average molecular weight is 262 g/mol. The lowest BCUT2D eigenvalue weighted by molar-refractivity contribution is -0.119. The van der Waals surface area contributed by atoms with Crippen molar-refractivity contribution in [3.05, 3.63) is 12.4 Å². The molecule has 1 aromatic rings. The number of nitrogens with zero attached hydrogens (tertiary/aromatic N) is 3. The molecule has 0 fully saturated rings. The molecule has 1 N–H and O–H groups in total. The molecule has 0 atom stereocenters. The van der Waals surface area contributed by atoms with E-state index in [1.54, 1.807) is 0 Å². The Kier molecular flexibility index (Phi) is 5.18. The van der Waals surface area contributed by atoms with Crippen LogP contribution in [-0.2, 0) is 0 Å². The number of nitrogens with one attached hydrogen (secondary N) is 1. The van der Waals surface area contributed by atoms with Gasteiger partial charge < -0.3 is 10.2 Å². The second-order valence-electron chi connectivity index (χ2n) is 3.83. The number of halogens is 3. The maximum absolute atomic E-state index is 12.5. The van der Waals surface area contributed by atoms with Crippen LogP contribution in [0, 0.1) is 0 Å². The van der Waals surface area contributed by atoms with E-state index in [1.807, 2.05) is 13.8 Å². The van der Waals surface area contributed by atoms with E-state index in [1.165, 1.54) is 17.3 Å². The number of anilines is 2. The van der Waals surface area contributed by atoms with Gasteiger partial charge in [0.05, 0.1) is 0 Å². The van der Waals surface area contributed by atoms with Crippen LogP contribution in [0.15, 0.2) is 12.4 Å². The van der Waals surface area contributed by atoms with Crippen LogP contribution in [0.2, 0.25) is 0 Å². The van der Waals surface area contributed by atoms with Crippen molar-refractivity contribution < 1.29 is 13.2 Å². The van der Waals surface area contributed by atoms with E-state index >= 15 is 0 Å². The summed E-state index contributed by atoms with van der Waals surface area (Å²) in [6, 6.07) is 1.53. The molecule has 0 aliphatic heterocycles. The summed E-state index contributed by atoms with van der Waals surface area (Å²) in [4.78, 5) is 9.05. The van der Waals surface area contributed by atoms with Crippen molar-refractivity contribution in [1.82, 2.24) is 9.97 Å². The summed E-state index contributed by atoms with van der Waals surface area (Å²) in [5, 5.41) is 2.95. The maximum atomic E-state index is 12.5. The van der Waals surface area contributed by atoms with E-state index in [4.69, 9.17) is 0 Å². The molecule has 0 amide bonds. The number of hydrogen-bond donors (Lipinski definition) is 1. The Morgan fingerprint density at radius 2 is 2.00 bits per heavy atom. The van der Waals surface area contributed by atoms with Gasteiger partial charge in [-0.15, -0.1) is 0 Å². The first kappa shape index (κ1) is 14.5. The largest absolute Gasteiger partial charge is 0.405 e. The Balaban J connectivity index is 2.87.